The lowest BCUT2D eigenvalue weighted by Gasteiger charge is -2.25. The first-order valence-corrected chi connectivity index (χ1v) is 5.93. The first-order valence-electron chi connectivity index (χ1n) is 5.14. The summed E-state index contributed by atoms with van der Waals surface area (Å²) in [5.41, 5.74) is 7.08. The van der Waals surface area contributed by atoms with Gasteiger partial charge in [-0.15, -0.1) is 0 Å². The molecule has 0 heterocycles. The molecular weight excluding hydrogens is 252 g/mol. The van der Waals surface area contributed by atoms with E-state index >= 15 is 0 Å². The number of hydrogen-bond donors (Lipinski definition) is 1. The minimum absolute atomic E-state index is 0.0970. The van der Waals surface area contributed by atoms with Crippen LogP contribution in [0.2, 0.25) is 0 Å². The van der Waals surface area contributed by atoms with Crippen molar-refractivity contribution in [2.24, 2.45) is 5.73 Å². The number of benzene rings is 1. The summed E-state index contributed by atoms with van der Waals surface area (Å²) in [6, 6.07) is 8.30. The molecule has 0 saturated carbocycles. The number of hydrogen-bond acceptors (Lipinski definition) is 2. The van der Waals surface area contributed by atoms with Gasteiger partial charge in [0, 0.05) is 29.3 Å². The maximum Gasteiger partial charge on any atom is 0.0374 e. The summed E-state index contributed by atoms with van der Waals surface area (Å²) >= 11 is 3.47. The van der Waals surface area contributed by atoms with Gasteiger partial charge in [0.15, 0.2) is 0 Å². The van der Waals surface area contributed by atoms with Crippen LogP contribution in [0, 0.1) is 0 Å². The van der Waals surface area contributed by atoms with Crippen LogP contribution in [0.3, 0.4) is 0 Å². The summed E-state index contributed by atoms with van der Waals surface area (Å²) in [6.45, 7) is 5.09. The molecule has 2 N–H and O–H groups in total. The van der Waals surface area contributed by atoms with Crippen molar-refractivity contribution in [3.63, 3.8) is 0 Å². The van der Waals surface area contributed by atoms with Gasteiger partial charge >= 0.3 is 0 Å². The Balaban J connectivity index is 2.58. The van der Waals surface area contributed by atoms with Gasteiger partial charge < -0.3 is 10.6 Å². The molecule has 3 heteroatoms. The fraction of sp³-hybridized carbons (Fsp3) is 0.500. The van der Waals surface area contributed by atoms with E-state index in [1.807, 2.05) is 12.1 Å². The third-order valence-corrected chi connectivity index (χ3v) is 2.83. The Morgan fingerprint density at radius 1 is 1.40 bits per heavy atom. The summed E-state index contributed by atoms with van der Waals surface area (Å²) in [5, 5.41) is 0. The van der Waals surface area contributed by atoms with Gasteiger partial charge in [-0.25, -0.2) is 0 Å². The number of rotatable bonds is 4. The quantitative estimate of drug-likeness (QED) is 0.912. The summed E-state index contributed by atoms with van der Waals surface area (Å²) in [4.78, 5) is 2.22. The fourth-order valence-electron chi connectivity index (χ4n) is 1.30. The Hall–Kier alpha value is -0.540. The second kappa shape index (κ2) is 4.99. The molecule has 0 aliphatic heterocycles. The van der Waals surface area contributed by atoms with Crippen LogP contribution in [-0.2, 0) is 0 Å². The molecule has 1 aromatic carbocycles. The highest BCUT2D eigenvalue weighted by Crippen LogP contribution is 2.19. The first-order chi connectivity index (χ1) is 6.88. The Bertz CT molecular complexity index is 318. The molecule has 0 amide bonds. The van der Waals surface area contributed by atoms with E-state index in [4.69, 9.17) is 5.73 Å². The number of nitrogens with zero attached hydrogens (tertiary/aromatic N) is 1. The van der Waals surface area contributed by atoms with Gasteiger partial charge in [-0.2, -0.15) is 0 Å². The third-order valence-electron chi connectivity index (χ3n) is 2.34. The third kappa shape index (κ3) is 4.67. The van der Waals surface area contributed by atoms with Crippen molar-refractivity contribution in [1.29, 1.82) is 0 Å². The molecule has 1 rings (SSSR count). The van der Waals surface area contributed by atoms with Crippen LogP contribution in [0.25, 0.3) is 0 Å². The van der Waals surface area contributed by atoms with Crippen molar-refractivity contribution in [1.82, 2.24) is 0 Å². The highest BCUT2D eigenvalue weighted by molar-refractivity contribution is 9.10. The minimum Gasteiger partial charge on any atom is -0.374 e. The SMILES string of the molecule is CN(CCC(C)(C)N)c1cccc(Br)c1. The largest absolute Gasteiger partial charge is 0.374 e. The molecule has 84 valence electrons. The van der Waals surface area contributed by atoms with Crippen molar-refractivity contribution in [2.45, 2.75) is 25.8 Å². The molecule has 0 spiro atoms. The van der Waals surface area contributed by atoms with E-state index in [9.17, 15) is 0 Å². The maximum atomic E-state index is 5.96. The maximum absolute atomic E-state index is 5.96. The minimum atomic E-state index is -0.0970. The van der Waals surface area contributed by atoms with E-state index in [0.717, 1.165) is 17.4 Å². The highest BCUT2D eigenvalue weighted by atomic mass is 79.9. The van der Waals surface area contributed by atoms with Crippen LogP contribution >= 0.6 is 15.9 Å². The summed E-state index contributed by atoms with van der Waals surface area (Å²) in [7, 11) is 2.09. The zero-order valence-electron chi connectivity index (χ0n) is 9.63. The average molecular weight is 271 g/mol. The van der Waals surface area contributed by atoms with Gasteiger partial charge in [0.25, 0.3) is 0 Å². The molecular formula is C12H19BrN2. The van der Waals surface area contributed by atoms with Crippen LogP contribution in [0.4, 0.5) is 5.69 Å². The Labute approximate surface area is 101 Å². The summed E-state index contributed by atoms with van der Waals surface area (Å²) in [6.07, 6.45) is 0.982. The van der Waals surface area contributed by atoms with Crippen molar-refractivity contribution in [3.8, 4) is 0 Å². The van der Waals surface area contributed by atoms with E-state index in [0.29, 0.717) is 0 Å². The van der Waals surface area contributed by atoms with Crippen LogP contribution < -0.4 is 10.6 Å². The molecule has 0 aromatic heterocycles. The Morgan fingerprint density at radius 2 is 2.07 bits per heavy atom. The van der Waals surface area contributed by atoms with Gasteiger partial charge in [0.2, 0.25) is 0 Å². The predicted octanol–water partition coefficient (Wildman–Crippen LogP) is 3.01. The van der Waals surface area contributed by atoms with E-state index in [1.165, 1.54) is 5.69 Å². The van der Waals surface area contributed by atoms with Gasteiger partial charge in [-0.1, -0.05) is 22.0 Å². The fourth-order valence-corrected chi connectivity index (χ4v) is 1.69. The molecule has 0 bridgehead atoms. The molecule has 0 aliphatic rings. The Morgan fingerprint density at radius 3 is 2.60 bits per heavy atom. The molecule has 0 atom stereocenters. The molecule has 2 nitrogen and oxygen atoms in total. The molecule has 0 saturated heterocycles. The van der Waals surface area contributed by atoms with Crippen molar-refractivity contribution < 1.29 is 0 Å². The molecule has 0 unspecified atom stereocenters. The molecule has 0 fully saturated rings. The standard InChI is InChI=1S/C12H19BrN2/c1-12(2,14)7-8-15(3)11-6-4-5-10(13)9-11/h4-6,9H,7-8,14H2,1-3H3. The van der Waals surface area contributed by atoms with Crippen LogP contribution in [0.5, 0.6) is 0 Å². The normalized spacial score (nSPS) is 11.5. The molecule has 0 radical (unpaired) electrons. The highest BCUT2D eigenvalue weighted by Gasteiger charge is 2.11. The van der Waals surface area contributed by atoms with Crippen LogP contribution in [0.15, 0.2) is 28.7 Å². The smallest absolute Gasteiger partial charge is 0.0374 e. The average Bonchev–Trinajstić information content (AvgIpc) is 2.13. The van der Waals surface area contributed by atoms with Gasteiger partial charge in [0.05, 0.1) is 0 Å². The van der Waals surface area contributed by atoms with Crippen molar-refractivity contribution in [2.75, 3.05) is 18.5 Å². The van der Waals surface area contributed by atoms with Gasteiger partial charge in [0.1, 0.15) is 0 Å². The summed E-state index contributed by atoms with van der Waals surface area (Å²) < 4.78 is 1.11. The lowest BCUT2D eigenvalue weighted by Crippen LogP contribution is -2.36. The zero-order valence-corrected chi connectivity index (χ0v) is 11.2. The number of nitrogens with two attached hydrogens (primary N) is 1. The van der Waals surface area contributed by atoms with Gasteiger partial charge in [-0.05, 0) is 38.5 Å². The lowest BCUT2D eigenvalue weighted by atomic mass is 10.0. The van der Waals surface area contributed by atoms with E-state index < -0.39 is 0 Å². The first kappa shape index (κ1) is 12.5. The summed E-state index contributed by atoms with van der Waals surface area (Å²) in [5.74, 6) is 0. The lowest BCUT2D eigenvalue weighted by molar-refractivity contribution is 0.479. The van der Waals surface area contributed by atoms with E-state index in [2.05, 4.69) is 53.9 Å². The Kier molecular flexibility index (Phi) is 4.17. The predicted molar refractivity (Wildman–Crippen MR) is 70.3 cm³/mol. The number of anilines is 1. The monoisotopic (exact) mass is 270 g/mol. The molecule has 1 aromatic rings. The van der Waals surface area contributed by atoms with Crippen molar-refractivity contribution in [3.05, 3.63) is 28.7 Å². The zero-order chi connectivity index (χ0) is 11.5. The second-order valence-electron chi connectivity index (χ2n) is 4.64. The van der Waals surface area contributed by atoms with Crippen LogP contribution in [0.1, 0.15) is 20.3 Å². The second-order valence-corrected chi connectivity index (χ2v) is 5.56. The van der Waals surface area contributed by atoms with Crippen LogP contribution in [-0.4, -0.2) is 19.1 Å². The number of halogens is 1. The molecule has 15 heavy (non-hydrogen) atoms. The topological polar surface area (TPSA) is 29.3 Å². The van der Waals surface area contributed by atoms with Gasteiger partial charge in [-0.3, -0.25) is 0 Å². The van der Waals surface area contributed by atoms with Crippen molar-refractivity contribution >= 4 is 21.6 Å². The molecule has 0 aliphatic carbocycles. The van der Waals surface area contributed by atoms with E-state index in [1.54, 1.807) is 0 Å². The van der Waals surface area contributed by atoms with E-state index in [-0.39, 0.29) is 5.54 Å².